The first kappa shape index (κ1) is 15.1. The molecule has 0 saturated carbocycles. The van der Waals surface area contributed by atoms with Gasteiger partial charge in [-0.15, -0.1) is 0 Å². The van der Waals surface area contributed by atoms with Crippen LogP contribution in [0, 0.1) is 5.82 Å². The Hall–Kier alpha value is -2.28. The fourth-order valence-corrected chi connectivity index (χ4v) is 1.67. The highest BCUT2D eigenvalue weighted by Crippen LogP contribution is 2.22. The summed E-state index contributed by atoms with van der Waals surface area (Å²) in [6, 6.07) is 3.50. The van der Waals surface area contributed by atoms with Crippen LogP contribution in [0.25, 0.3) is 0 Å². The highest BCUT2D eigenvalue weighted by molar-refractivity contribution is 6.33. The lowest BCUT2D eigenvalue weighted by atomic mass is 10.3. The third kappa shape index (κ3) is 4.35. The number of nitrogens with one attached hydrogen (secondary N) is 1. The predicted molar refractivity (Wildman–Crippen MR) is 71.0 cm³/mol. The molecule has 8 heteroatoms. The van der Waals surface area contributed by atoms with Crippen LogP contribution >= 0.6 is 11.6 Å². The Morgan fingerprint density at radius 2 is 2.19 bits per heavy atom. The maximum absolute atomic E-state index is 12.8. The van der Waals surface area contributed by atoms with E-state index in [2.05, 4.69) is 5.32 Å². The van der Waals surface area contributed by atoms with Gasteiger partial charge < -0.3 is 19.5 Å². The van der Waals surface area contributed by atoms with Crippen LogP contribution in [0.2, 0.25) is 5.02 Å². The minimum absolute atomic E-state index is 0.0430. The van der Waals surface area contributed by atoms with Gasteiger partial charge in [0, 0.05) is 0 Å². The van der Waals surface area contributed by atoms with E-state index in [0.717, 1.165) is 18.4 Å². The number of halogens is 2. The maximum Gasteiger partial charge on any atom is 0.377 e. The zero-order valence-corrected chi connectivity index (χ0v) is 11.5. The molecule has 21 heavy (non-hydrogen) atoms. The zero-order chi connectivity index (χ0) is 15.2. The standard InChI is InChI=1S/C13H11ClFNO5/c14-9-5-8(15)1-2-10(9)16-12(17)7-21-13(18)11-6-19-3-4-20-11/h1-2,5-6H,3-4,7H2,(H,16,17). The summed E-state index contributed by atoms with van der Waals surface area (Å²) in [6.07, 6.45) is 1.13. The van der Waals surface area contributed by atoms with Gasteiger partial charge in [-0.3, -0.25) is 4.79 Å². The Balaban J connectivity index is 1.84. The number of esters is 1. The van der Waals surface area contributed by atoms with Crippen LogP contribution in [0.5, 0.6) is 0 Å². The van der Waals surface area contributed by atoms with Crippen molar-refractivity contribution in [2.75, 3.05) is 25.1 Å². The number of amides is 1. The van der Waals surface area contributed by atoms with Gasteiger partial charge in [0.2, 0.25) is 5.76 Å². The molecule has 1 aromatic rings. The third-order valence-electron chi connectivity index (χ3n) is 2.39. The summed E-state index contributed by atoms with van der Waals surface area (Å²) >= 11 is 5.75. The number of hydrogen-bond donors (Lipinski definition) is 1. The lowest BCUT2D eigenvalue weighted by molar-refractivity contribution is -0.148. The van der Waals surface area contributed by atoms with Crippen molar-refractivity contribution >= 4 is 29.2 Å². The minimum Gasteiger partial charge on any atom is -0.493 e. The molecule has 112 valence electrons. The highest BCUT2D eigenvalue weighted by Gasteiger charge is 2.18. The van der Waals surface area contributed by atoms with E-state index in [9.17, 15) is 14.0 Å². The van der Waals surface area contributed by atoms with Crippen LogP contribution in [0.3, 0.4) is 0 Å². The zero-order valence-electron chi connectivity index (χ0n) is 10.7. The quantitative estimate of drug-likeness (QED) is 0.858. The molecule has 1 amide bonds. The number of rotatable bonds is 4. The minimum atomic E-state index is -0.810. The molecular weight excluding hydrogens is 305 g/mol. The Labute approximate surface area is 124 Å². The summed E-state index contributed by atoms with van der Waals surface area (Å²) in [5.74, 6) is -2.05. The van der Waals surface area contributed by atoms with Crippen LogP contribution in [-0.4, -0.2) is 31.7 Å². The van der Waals surface area contributed by atoms with Gasteiger partial charge in [-0.1, -0.05) is 11.6 Å². The molecule has 0 radical (unpaired) electrons. The number of anilines is 1. The van der Waals surface area contributed by atoms with Crippen LogP contribution in [0.4, 0.5) is 10.1 Å². The molecule has 1 aromatic carbocycles. The number of benzene rings is 1. The molecule has 1 aliphatic heterocycles. The SMILES string of the molecule is O=C(COC(=O)C1=COCCO1)Nc1ccc(F)cc1Cl. The van der Waals surface area contributed by atoms with E-state index in [1.54, 1.807) is 0 Å². The van der Waals surface area contributed by atoms with Crippen molar-refractivity contribution in [3.63, 3.8) is 0 Å². The maximum atomic E-state index is 12.8. The van der Waals surface area contributed by atoms with Gasteiger partial charge in [0.05, 0.1) is 10.7 Å². The van der Waals surface area contributed by atoms with E-state index < -0.39 is 24.3 Å². The van der Waals surface area contributed by atoms with E-state index in [0.29, 0.717) is 6.61 Å². The molecule has 1 aliphatic rings. The van der Waals surface area contributed by atoms with Crippen LogP contribution in [-0.2, 0) is 23.8 Å². The molecule has 0 atom stereocenters. The molecule has 0 fully saturated rings. The van der Waals surface area contributed by atoms with Gasteiger partial charge in [-0.25, -0.2) is 9.18 Å². The molecular formula is C13H11ClFNO5. The molecule has 2 rings (SSSR count). The average Bonchev–Trinajstić information content (AvgIpc) is 2.48. The van der Waals surface area contributed by atoms with Gasteiger partial charge in [-0.2, -0.15) is 0 Å². The van der Waals surface area contributed by atoms with Gasteiger partial charge in [0.1, 0.15) is 25.3 Å². The van der Waals surface area contributed by atoms with Crippen molar-refractivity contribution in [3.05, 3.63) is 41.1 Å². The van der Waals surface area contributed by atoms with E-state index in [4.69, 9.17) is 25.8 Å². The molecule has 0 bridgehead atoms. The molecule has 0 spiro atoms. The van der Waals surface area contributed by atoms with Crippen molar-refractivity contribution in [1.82, 2.24) is 0 Å². The van der Waals surface area contributed by atoms with Gasteiger partial charge in [0.25, 0.3) is 5.91 Å². The second-order valence-electron chi connectivity index (χ2n) is 3.95. The molecule has 0 unspecified atom stereocenters. The van der Waals surface area contributed by atoms with Gasteiger partial charge in [-0.05, 0) is 18.2 Å². The summed E-state index contributed by atoms with van der Waals surface area (Å²) < 4.78 is 27.5. The first-order valence-electron chi connectivity index (χ1n) is 5.93. The first-order chi connectivity index (χ1) is 10.1. The monoisotopic (exact) mass is 315 g/mol. The van der Waals surface area contributed by atoms with Crippen molar-refractivity contribution in [2.24, 2.45) is 0 Å². The van der Waals surface area contributed by atoms with Gasteiger partial charge >= 0.3 is 5.97 Å². The summed E-state index contributed by atoms with van der Waals surface area (Å²) in [5, 5.41) is 2.43. The van der Waals surface area contributed by atoms with E-state index in [1.165, 1.54) is 6.07 Å². The fourth-order valence-electron chi connectivity index (χ4n) is 1.45. The average molecular weight is 316 g/mol. The van der Waals surface area contributed by atoms with Gasteiger partial charge in [0.15, 0.2) is 6.61 Å². The predicted octanol–water partition coefficient (Wildman–Crippen LogP) is 1.85. The largest absolute Gasteiger partial charge is 0.493 e. The van der Waals surface area contributed by atoms with Crippen molar-refractivity contribution < 1.29 is 28.2 Å². The molecule has 1 N–H and O–H groups in total. The van der Waals surface area contributed by atoms with E-state index in [-0.39, 0.29) is 23.1 Å². The molecule has 1 heterocycles. The molecule has 0 saturated heterocycles. The van der Waals surface area contributed by atoms with Crippen molar-refractivity contribution in [2.45, 2.75) is 0 Å². The summed E-state index contributed by atoms with van der Waals surface area (Å²) in [5.41, 5.74) is 0.218. The summed E-state index contributed by atoms with van der Waals surface area (Å²) in [4.78, 5) is 23.1. The Bertz CT molecular complexity index is 590. The number of hydrogen-bond acceptors (Lipinski definition) is 5. The molecule has 0 aliphatic carbocycles. The third-order valence-corrected chi connectivity index (χ3v) is 2.70. The first-order valence-corrected chi connectivity index (χ1v) is 6.30. The summed E-state index contributed by atoms with van der Waals surface area (Å²) in [6.45, 7) is 0.0475. The lowest BCUT2D eigenvalue weighted by Gasteiger charge is -2.14. The lowest BCUT2D eigenvalue weighted by Crippen LogP contribution is -2.23. The smallest absolute Gasteiger partial charge is 0.377 e. The summed E-state index contributed by atoms with van der Waals surface area (Å²) in [7, 11) is 0. The second-order valence-corrected chi connectivity index (χ2v) is 4.36. The van der Waals surface area contributed by atoms with Crippen molar-refractivity contribution in [3.8, 4) is 0 Å². The fraction of sp³-hybridized carbons (Fsp3) is 0.231. The molecule has 6 nitrogen and oxygen atoms in total. The van der Waals surface area contributed by atoms with E-state index >= 15 is 0 Å². The topological polar surface area (TPSA) is 73.9 Å². The normalized spacial score (nSPS) is 13.5. The van der Waals surface area contributed by atoms with Crippen LogP contribution in [0.1, 0.15) is 0 Å². The number of carbonyl (C=O) groups excluding carboxylic acids is 2. The highest BCUT2D eigenvalue weighted by atomic mass is 35.5. The number of ether oxygens (including phenoxy) is 3. The molecule has 0 aromatic heterocycles. The Morgan fingerprint density at radius 1 is 1.38 bits per heavy atom. The number of carbonyl (C=O) groups is 2. The van der Waals surface area contributed by atoms with Crippen LogP contribution in [0.15, 0.2) is 30.2 Å². The van der Waals surface area contributed by atoms with Crippen molar-refractivity contribution in [1.29, 1.82) is 0 Å². The second kappa shape index (κ2) is 6.94. The Morgan fingerprint density at radius 3 is 2.86 bits per heavy atom. The Kier molecular flexibility index (Phi) is 4.99. The van der Waals surface area contributed by atoms with E-state index in [1.807, 2.05) is 0 Å². The van der Waals surface area contributed by atoms with Crippen LogP contribution < -0.4 is 5.32 Å².